The van der Waals surface area contributed by atoms with E-state index in [1.165, 1.54) is 74.7 Å². The van der Waals surface area contributed by atoms with Gasteiger partial charge in [-0.15, -0.1) is 0 Å². The van der Waals surface area contributed by atoms with Gasteiger partial charge in [-0.1, -0.05) is 82.9 Å². The van der Waals surface area contributed by atoms with E-state index in [0.29, 0.717) is 23.2 Å². The molecule has 8 nitrogen and oxygen atoms in total. The van der Waals surface area contributed by atoms with Crippen molar-refractivity contribution in [3.8, 4) is 11.4 Å². The molecule has 8 heteroatoms. The number of aromatic nitrogens is 2. The van der Waals surface area contributed by atoms with Crippen molar-refractivity contribution in [1.29, 1.82) is 0 Å². The van der Waals surface area contributed by atoms with Crippen molar-refractivity contribution in [2.75, 3.05) is 13.1 Å². The second kappa shape index (κ2) is 16.3. The fourth-order valence-corrected chi connectivity index (χ4v) is 8.50. The average molecular weight is 679 g/mol. The lowest BCUT2D eigenvalue weighted by Gasteiger charge is -2.39. The van der Waals surface area contributed by atoms with Crippen LogP contribution in [0.4, 0.5) is 0 Å². The number of rotatable bonds is 12. The monoisotopic (exact) mass is 678 g/mol. The minimum absolute atomic E-state index is 0.150. The molecule has 3 aromatic rings. The van der Waals surface area contributed by atoms with E-state index in [1.54, 1.807) is 12.1 Å². The largest absolute Gasteiger partial charge is 0.481 e. The Hall–Kier alpha value is -4.07. The van der Waals surface area contributed by atoms with Gasteiger partial charge in [-0.25, -0.2) is 9.97 Å². The van der Waals surface area contributed by atoms with Crippen molar-refractivity contribution < 1.29 is 19.5 Å². The van der Waals surface area contributed by atoms with Crippen molar-refractivity contribution in [2.24, 2.45) is 23.7 Å². The molecule has 266 valence electrons. The number of likely N-dealkylation sites (tertiary alicyclic amines) is 1. The van der Waals surface area contributed by atoms with Gasteiger partial charge in [-0.2, -0.15) is 0 Å². The Bertz CT molecular complexity index is 1580. The van der Waals surface area contributed by atoms with Crippen LogP contribution in [0, 0.1) is 23.7 Å². The summed E-state index contributed by atoms with van der Waals surface area (Å²) in [6, 6.07) is 14.4. The van der Waals surface area contributed by atoms with Gasteiger partial charge in [0, 0.05) is 43.0 Å². The molecule has 1 saturated heterocycles. The number of nitrogens with one attached hydrogen (secondary N) is 1. The minimum Gasteiger partial charge on any atom is -0.481 e. The molecule has 2 N–H and O–H groups in total. The Kier molecular flexibility index (Phi) is 11.7. The molecule has 0 bridgehead atoms. The lowest BCUT2D eigenvalue weighted by molar-refractivity contribution is -0.153. The van der Waals surface area contributed by atoms with Crippen LogP contribution in [0.2, 0.25) is 0 Å². The Labute approximate surface area is 297 Å². The van der Waals surface area contributed by atoms with Crippen molar-refractivity contribution in [3.63, 3.8) is 0 Å². The van der Waals surface area contributed by atoms with Crippen LogP contribution in [-0.4, -0.2) is 56.9 Å². The molecule has 3 fully saturated rings. The minimum atomic E-state index is -0.909. The van der Waals surface area contributed by atoms with Crippen LogP contribution >= 0.6 is 0 Å². The van der Waals surface area contributed by atoms with Gasteiger partial charge in [0.25, 0.3) is 5.91 Å². The molecule has 50 heavy (non-hydrogen) atoms. The third kappa shape index (κ3) is 8.62. The SMILES string of the molecule is CCCC1CCC(C2CCC(c3cnc(-c4ccc(CC(NC(=O)c5ccc(C(C)C)cc5)C(=O)N5CC(C(=O)O)C5)cc4)nc3)CC2)CC1. The molecule has 1 atom stereocenters. The van der Waals surface area contributed by atoms with Gasteiger partial charge in [0.2, 0.25) is 5.91 Å². The molecule has 0 spiro atoms. The van der Waals surface area contributed by atoms with Crippen LogP contribution in [0.3, 0.4) is 0 Å². The van der Waals surface area contributed by atoms with Crippen molar-refractivity contribution in [3.05, 3.63) is 83.2 Å². The number of carboxylic acids is 1. The third-order valence-electron chi connectivity index (χ3n) is 11.8. The normalized spacial score (nSPS) is 23.2. The summed E-state index contributed by atoms with van der Waals surface area (Å²) in [6.45, 7) is 6.81. The van der Waals surface area contributed by atoms with Gasteiger partial charge in [-0.05, 0) is 96.9 Å². The van der Waals surface area contributed by atoms with Crippen LogP contribution in [0.1, 0.15) is 124 Å². The van der Waals surface area contributed by atoms with Crippen LogP contribution in [0.25, 0.3) is 11.4 Å². The highest BCUT2D eigenvalue weighted by molar-refractivity contribution is 5.98. The topological polar surface area (TPSA) is 112 Å². The molecule has 6 rings (SSSR count). The van der Waals surface area contributed by atoms with E-state index < -0.39 is 17.9 Å². The van der Waals surface area contributed by atoms with Crippen molar-refractivity contribution in [1.82, 2.24) is 20.2 Å². The Morgan fingerprint density at radius 1 is 0.840 bits per heavy atom. The van der Waals surface area contributed by atoms with E-state index >= 15 is 0 Å². The maximum absolute atomic E-state index is 13.5. The lowest BCUT2D eigenvalue weighted by Crippen LogP contribution is -2.59. The second-order valence-electron chi connectivity index (χ2n) is 15.5. The van der Waals surface area contributed by atoms with Gasteiger partial charge >= 0.3 is 5.97 Å². The first-order valence-corrected chi connectivity index (χ1v) is 19.0. The molecule has 2 amide bonds. The number of benzene rings is 2. The zero-order valence-corrected chi connectivity index (χ0v) is 30.0. The van der Waals surface area contributed by atoms with E-state index in [-0.39, 0.29) is 31.3 Å². The molecule has 0 radical (unpaired) electrons. The van der Waals surface area contributed by atoms with Crippen molar-refractivity contribution in [2.45, 2.75) is 109 Å². The standard InChI is InChI=1S/C42H54N4O4/c1-4-5-28-6-10-31(11-7-28)32-16-18-33(19-17-32)36-23-43-39(44-24-36)34-12-8-29(9-13-34)22-38(41(48)46-25-37(26-46)42(49)50)45-40(47)35-20-14-30(15-21-35)27(2)3/h8-9,12-15,20-21,23-24,27-28,31-33,37-38H,4-7,10-11,16-19,22,25-26H2,1-3H3,(H,45,47)(H,49,50). The molecule has 2 aromatic carbocycles. The maximum atomic E-state index is 13.5. The number of hydrogen-bond donors (Lipinski definition) is 2. The molecule has 2 heterocycles. The van der Waals surface area contributed by atoms with Crippen molar-refractivity contribution >= 4 is 17.8 Å². The molecule has 2 aliphatic carbocycles. The lowest BCUT2D eigenvalue weighted by atomic mass is 9.68. The summed E-state index contributed by atoms with van der Waals surface area (Å²) in [5.74, 6) is 2.25. The van der Waals surface area contributed by atoms with Crippen LogP contribution in [0.15, 0.2) is 60.9 Å². The van der Waals surface area contributed by atoms with Gasteiger partial charge in [0.1, 0.15) is 6.04 Å². The fraction of sp³-hybridized carbons (Fsp3) is 0.548. The second-order valence-corrected chi connectivity index (χ2v) is 15.5. The van der Waals surface area contributed by atoms with Gasteiger partial charge in [0.15, 0.2) is 5.82 Å². The van der Waals surface area contributed by atoms with E-state index in [2.05, 4.69) is 26.1 Å². The van der Waals surface area contributed by atoms with Crippen LogP contribution in [-0.2, 0) is 16.0 Å². The first-order chi connectivity index (χ1) is 24.2. The average Bonchev–Trinajstić information content (AvgIpc) is 3.11. The van der Waals surface area contributed by atoms with E-state index in [9.17, 15) is 19.5 Å². The zero-order chi connectivity index (χ0) is 35.2. The quantitative estimate of drug-likeness (QED) is 0.201. The summed E-state index contributed by atoms with van der Waals surface area (Å²) < 4.78 is 0. The molecular formula is C42H54N4O4. The van der Waals surface area contributed by atoms with E-state index in [0.717, 1.165) is 34.4 Å². The summed E-state index contributed by atoms with van der Waals surface area (Å²) in [5, 5.41) is 12.3. The van der Waals surface area contributed by atoms with E-state index in [4.69, 9.17) is 9.97 Å². The van der Waals surface area contributed by atoms with Gasteiger partial charge in [-0.3, -0.25) is 14.4 Å². The third-order valence-corrected chi connectivity index (χ3v) is 11.8. The number of aliphatic carboxylic acids is 1. The number of carboxylic acid groups (broad SMARTS) is 1. The molecule has 1 aliphatic heterocycles. The van der Waals surface area contributed by atoms with Crippen LogP contribution in [0.5, 0.6) is 0 Å². The van der Waals surface area contributed by atoms with Gasteiger partial charge in [0.05, 0.1) is 5.92 Å². The number of carbonyl (C=O) groups excluding carboxylic acids is 2. The smallest absolute Gasteiger partial charge is 0.310 e. The molecule has 1 unspecified atom stereocenters. The predicted molar refractivity (Wildman–Crippen MR) is 196 cm³/mol. The fourth-order valence-electron chi connectivity index (χ4n) is 8.50. The highest BCUT2D eigenvalue weighted by atomic mass is 16.4. The summed E-state index contributed by atoms with van der Waals surface area (Å²) in [5.41, 5.74) is 4.62. The first-order valence-electron chi connectivity index (χ1n) is 19.0. The summed E-state index contributed by atoms with van der Waals surface area (Å²) in [4.78, 5) is 49.1. The first kappa shape index (κ1) is 35.7. The molecular weight excluding hydrogens is 624 g/mol. The molecule has 2 saturated carbocycles. The number of nitrogens with zero attached hydrogens (tertiary/aromatic N) is 3. The highest BCUT2D eigenvalue weighted by Gasteiger charge is 2.39. The summed E-state index contributed by atoms with van der Waals surface area (Å²) >= 11 is 0. The summed E-state index contributed by atoms with van der Waals surface area (Å²) in [7, 11) is 0. The molecule has 3 aliphatic rings. The number of amides is 2. The Morgan fingerprint density at radius 2 is 1.44 bits per heavy atom. The zero-order valence-electron chi connectivity index (χ0n) is 30.0. The summed E-state index contributed by atoms with van der Waals surface area (Å²) in [6.07, 6.45) is 17.9. The predicted octanol–water partition coefficient (Wildman–Crippen LogP) is 8.03. The van der Waals surface area contributed by atoms with Crippen LogP contribution < -0.4 is 5.32 Å². The Morgan fingerprint density at radius 3 is 2.00 bits per heavy atom. The highest BCUT2D eigenvalue weighted by Crippen LogP contribution is 2.44. The maximum Gasteiger partial charge on any atom is 0.310 e. The number of hydrogen-bond acceptors (Lipinski definition) is 5. The number of carbonyl (C=O) groups is 3. The molecule has 1 aromatic heterocycles. The Balaban J connectivity index is 1.05. The van der Waals surface area contributed by atoms with E-state index in [1.807, 2.05) is 48.8 Å². The van der Waals surface area contributed by atoms with Gasteiger partial charge < -0.3 is 15.3 Å².